The summed E-state index contributed by atoms with van der Waals surface area (Å²) in [4.78, 5) is 48.7. The fourth-order valence-corrected chi connectivity index (χ4v) is 2.62. The first-order valence-electron chi connectivity index (χ1n) is 9.87. The molecule has 0 spiro atoms. The molecular formula is C23H26N2O7. The van der Waals surface area contributed by atoms with Gasteiger partial charge in [0.05, 0.1) is 17.7 Å². The molecule has 2 amide bonds. The number of aromatic carboxylic acids is 1. The van der Waals surface area contributed by atoms with Gasteiger partial charge in [-0.05, 0) is 38.5 Å². The number of amides is 2. The first-order chi connectivity index (χ1) is 15.0. The van der Waals surface area contributed by atoms with Crippen molar-refractivity contribution in [2.45, 2.75) is 45.4 Å². The lowest BCUT2D eigenvalue weighted by Crippen LogP contribution is -2.47. The van der Waals surface area contributed by atoms with Gasteiger partial charge in [-0.25, -0.2) is 9.59 Å². The number of esters is 1. The molecule has 32 heavy (non-hydrogen) atoms. The minimum absolute atomic E-state index is 0.00228. The summed E-state index contributed by atoms with van der Waals surface area (Å²) in [6, 6.07) is 13.4. The number of carboxylic acid groups (broad SMARTS) is 1. The molecule has 0 aliphatic carbocycles. The zero-order valence-corrected chi connectivity index (χ0v) is 18.1. The number of benzene rings is 2. The third-order valence-electron chi connectivity index (χ3n) is 4.04. The highest BCUT2D eigenvalue weighted by atomic mass is 16.6. The van der Waals surface area contributed by atoms with Gasteiger partial charge in [0.2, 0.25) is 5.91 Å². The van der Waals surface area contributed by atoms with Gasteiger partial charge >= 0.3 is 18.0 Å². The molecule has 3 N–H and O–H groups in total. The second-order valence-electron chi connectivity index (χ2n) is 7.89. The molecule has 0 aromatic heterocycles. The van der Waals surface area contributed by atoms with E-state index in [0.717, 1.165) is 5.56 Å². The van der Waals surface area contributed by atoms with Crippen LogP contribution in [0, 0.1) is 0 Å². The Morgan fingerprint density at radius 1 is 0.969 bits per heavy atom. The van der Waals surface area contributed by atoms with Crippen molar-refractivity contribution in [2.24, 2.45) is 0 Å². The maximum atomic E-state index is 12.8. The Morgan fingerprint density at radius 2 is 1.59 bits per heavy atom. The van der Waals surface area contributed by atoms with E-state index in [1.165, 1.54) is 18.2 Å². The predicted molar refractivity (Wildman–Crippen MR) is 116 cm³/mol. The molecule has 170 valence electrons. The molecule has 0 saturated heterocycles. The standard InChI is InChI=1S/C23H26N2O7/c1-23(2,3)32-22(30)25-18(13-19(26)31-14-15-9-5-4-6-10-15)20(27)24-17-12-8-7-11-16(17)21(28)29/h4-12,18H,13-14H2,1-3H3,(H,24,27)(H,25,30)(H,28,29)/t18-/m0/s1. The summed E-state index contributed by atoms with van der Waals surface area (Å²) in [5.41, 5.74) is -0.172. The van der Waals surface area contributed by atoms with Gasteiger partial charge in [-0.15, -0.1) is 0 Å². The minimum Gasteiger partial charge on any atom is -0.478 e. The number of nitrogens with one attached hydrogen (secondary N) is 2. The molecule has 1 atom stereocenters. The number of hydrogen-bond acceptors (Lipinski definition) is 6. The lowest BCUT2D eigenvalue weighted by Gasteiger charge is -2.23. The van der Waals surface area contributed by atoms with Crippen LogP contribution in [-0.4, -0.2) is 40.7 Å². The molecule has 0 radical (unpaired) electrons. The molecule has 0 aliphatic heterocycles. The first kappa shape index (κ1) is 24.4. The molecular weight excluding hydrogens is 416 g/mol. The van der Waals surface area contributed by atoms with Crippen LogP contribution in [0.3, 0.4) is 0 Å². The zero-order chi connectivity index (χ0) is 23.7. The van der Waals surface area contributed by atoms with E-state index >= 15 is 0 Å². The van der Waals surface area contributed by atoms with Crippen LogP contribution in [0.25, 0.3) is 0 Å². The summed E-state index contributed by atoms with van der Waals surface area (Å²) in [5.74, 6) is -2.75. The van der Waals surface area contributed by atoms with Crippen molar-refractivity contribution in [1.82, 2.24) is 5.32 Å². The summed E-state index contributed by atoms with van der Waals surface area (Å²) in [6.45, 7) is 4.96. The fourth-order valence-electron chi connectivity index (χ4n) is 2.62. The van der Waals surface area contributed by atoms with Gasteiger partial charge in [0.25, 0.3) is 0 Å². The van der Waals surface area contributed by atoms with E-state index in [4.69, 9.17) is 9.47 Å². The summed E-state index contributed by atoms with van der Waals surface area (Å²) in [6.07, 6.45) is -1.38. The van der Waals surface area contributed by atoms with Crippen molar-refractivity contribution in [1.29, 1.82) is 0 Å². The topological polar surface area (TPSA) is 131 Å². The van der Waals surface area contributed by atoms with E-state index in [-0.39, 0.29) is 17.9 Å². The molecule has 9 heteroatoms. The van der Waals surface area contributed by atoms with Gasteiger partial charge in [0, 0.05) is 0 Å². The fraction of sp³-hybridized carbons (Fsp3) is 0.304. The van der Waals surface area contributed by atoms with E-state index in [2.05, 4.69) is 10.6 Å². The molecule has 0 saturated carbocycles. The van der Waals surface area contributed by atoms with Gasteiger partial charge < -0.3 is 25.2 Å². The Labute approximate surface area is 185 Å². The summed E-state index contributed by atoms with van der Waals surface area (Å²) < 4.78 is 10.4. The van der Waals surface area contributed by atoms with E-state index in [0.29, 0.717) is 0 Å². The summed E-state index contributed by atoms with van der Waals surface area (Å²) >= 11 is 0. The number of ether oxygens (including phenoxy) is 2. The van der Waals surface area contributed by atoms with E-state index < -0.39 is 42.0 Å². The molecule has 0 unspecified atom stereocenters. The molecule has 2 aromatic rings. The number of para-hydroxylation sites is 1. The van der Waals surface area contributed by atoms with Crippen molar-refractivity contribution < 1.29 is 33.8 Å². The second kappa shape index (κ2) is 10.9. The van der Waals surface area contributed by atoms with Crippen LogP contribution in [0.4, 0.5) is 10.5 Å². The lowest BCUT2D eigenvalue weighted by molar-refractivity contribution is -0.146. The molecule has 0 heterocycles. The number of alkyl carbamates (subject to hydrolysis) is 1. The smallest absolute Gasteiger partial charge is 0.408 e. The van der Waals surface area contributed by atoms with Crippen molar-refractivity contribution in [3.05, 3.63) is 65.7 Å². The van der Waals surface area contributed by atoms with Gasteiger partial charge in [-0.3, -0.25) is 9.59 Å². The average Bonchev–Trinajstić information content (AvgIpc) is 2.71. The first-order valence-corrected chi connectivity index (χ1v) is 9.87. The van der Waals surface area contributed by atoms with Crippen LogP contribution >= 0.6 is 0 Å². The molecule has 9 nitrogen and oxygen atoms in total. The number of carboxylic acids is 1. The maximum Gasteiger partial charge on any atom is 0.408 e. The van der Waals surface area contributed by atoms with Crippen LogP contribution in [-0.2, 0) is 25.7 Å². The number of anilines is 1. The lowest BCUT2D eigenvalue weighted by atomic mass is 10.1. The van der Waals surface area contributed by atoms with Crippen molar-refractivity contribution >= 4 is 29.6 Å². The van der Waals surface area contributed by atoms with Crippen molar-refractivity contribution in [3.8, 4) is 0 Å². The van der Waals surface area contributed by atoms with Gasteiger partial charge in [0.1, 0.15) is 18.2 Å². The van der Waals surface area contributed by atoms with E-state index in [1.54, 1.807) is 51.1 Å². The molecule has 0 aliphatic rings. The van der Waals surface area contributed by atoms with Crippen LogP contribution < -0.4 is 10.6 Å². The van der Waals surface area contributed by atoms with E-state index in [1.807, 2.05) is 6.07 Å². The molecule has 0 bridgehead atoms. The molecule has 2 rings (SSSR count). The number of carbonyl (C=O) groups excluding carboxylic acids is 3. The Balaban J connectivity index is 2.12. The van der Waals surface area contributed by atoms with Gasteiger partial charge in [-0.2, -0.15) is 0 Å². The summed E-state index contributed by atoms with van der Waals surface area (Å²) in [5, 5.41) is 14.1. The SMILES string of the molecule is CC(C)(C)OC(=O)N[C@@H](CC(=O)OCc1ccccc1)C(=O)Nc1ccccc1C(=O)O. The largest absolute Gasteiger partial charge is 0.478 e. The third kappa shape index (κ3) is 8.10. The maximum absolute atomic E-state index is 12.8. The quantitative estimate of drug-likeness (QED) is 0.534. The molecule has 0 fully saturated rings. The Kier molecular flexibility index (Phi) is 8.34. The van der Waals surface area contributed by atoms with Crippen LogP contribution in [0.5, 0.6) is 0 Å². The Morgan fingerprint density at radius 3 is 2.22 bits per heavy atom. The second-order valence-corrected chi connectivity index (χ2v) is 7.89. The normalized spacial score (nSPS) is 11.7. The highest BCUT2D eigenvalue weighted by Crippen LogP contribution is 2.16. The third-order valence-corrected chi connectivity index (χ3v) is 4.04. The monoisotopic (exact) mass is 442 g/mol. The molecule has 2 aromatic carbocycles. The Bertz CT molecular complexity index is 968. The van der Waals surface area contributed by atoms with Gasteiger partial charge in [0.15, 0.2) is 0 Å². The number of hydrogen-bond donors (Lipinski definition) is 3. The average molecular weight is 442 g/mol. The highest BCUT2D eigenvalue weighted by Gasteiger charge is 2.28. The van der Waals surface area contributed by atoms with Crippen molar-refractivity contribution in [3.63, 3.8) is 0 Å². The predicted octanol–water partition coefficient (Wildman–Crippen LogP) is 3.35. The Hall–Kier alpha value is -3.88. The number of carbonyl (C=O) groups is 4. The van der Waals surface area contributed by atoms with Gasteiger partial charge in [-0.1, -0.05) is 42.5 Å². The highest BCUT2D eigenvalue weighted by molar-refractivity contribution is 6.03. The summed E-state index contributed by atoms with van der Waals surface area (Å²) in [7, 11) is 0. The number of rotatable bonds is 8. The minimum atomic E-state index is -1.35. The van der Waals surface area contributed by atoms with Crippen LogP contribution in [0.15, 0.2) is 54.6 Å². The van der Waals surface area contributed by atoms with Crippen LogP contribution in [0.2, 0.25) is 0 Å². The van der Waals surface area contributed by atoms with E-state index in [9.17, 15) is 24.3 Å². The van der Waals surface area contributed by atoms with Crippen molar-refractivity contribution in [2.75, 3.05) is 5.32 Å². The zero-order valence-electron chi connectivity index (χ0n) is 18.1. The van der Waals surface area contributed by atoms with Crippen LogP contribution in [0.1, 0.15) is 43.1 Å².